The summed E-state index contributed by atoms with van der Waals surface area (Å²) in [7, 11) is 1.59. The summed E-state index contributed by atoms with van der Waals surface area (Å²) in [5, 5.41) is 6.21. The smallest absolute Gasteiger partial charge is 0.254 e. The number of carbonyl (C=O) groups excluding carboxylic acids is 2. The lowest BCUT2D eigenvalue weighted by Crippen LogP contribution is -2.52. The number of benzene rings is 2. The molecule has 1 unspecified atom stereocenters. The molecule has 1 atom stereocenters. The lowest BCUT2D eigenvalue weighted by molar-refractivity contribution is -0.127. The molecule has 0 saturated heterocycles. The molecule has 0 saturated carbocycles. The third-order valence-electron chi connectivity index (χ3n) is 4.60. The van der Waals surface area contributed by atoms with Crippen LogP contribution in [0.4, 0.5) is 0 Å². The van der Waals surface area contributed by atoms with E-state index in [0.29, 0.717) is 5.56 Å². The minimum Gasteiger partial charge on any atom is -0.497 e. The number of carbonyl (C=O) groups is 2. The van der Waals surface area contributed by atoms with Crippen LogP contribution in [0.5, 0.6) is 5.75 Å². The van der Waals surface area contributed by atoms with Crippen LogP contribution in [0.15, 0.2) is 59.7 Å². The summed E-state index contributed by atoms with van der Waals surface area (Å²) in [6.07, 6.45) is 0. The van der Waals surface area contributed by atoms with Crippen LogP contribution in [0.2, 0.25) is 0 Å². The van der Waals surface area contributed by atoms with Crippen LogP contribution >= 0.6 is 0 Å². The zero-order valence-electron chi connectivity index (χ0n) is 17.5. The van der Waals surface area contributed by atoms with Crippen LogP contribution in [0.25, 0.3) is 10.4 Å². The molecule has 30 heavy (non-hydrogen) atoms. The third kappa shape index (κ3) is 6.25. The zero-order valence-corrected chi connectivity index (χ0v) is 17.5. The number of azide groups is 1. The standard InChI is InChI=1S/C22H27N5O3/c1-16(2)20(21(28)24-13-14-25-26-23)27(22(29)18-7-5-4-6-8-18)15-17-9-11-19(30-3)12-10-17/h4-12,16,20H,13-15H2,1-3H3,(H,24,28). The second kappa shape index (κ2) is 11.5. The first kappa shape index (κ1) is 22.8. The van der Waals surface area contributed by atoms with E-state index in [0.717, 1.165) is 11.3 Å². The Hall–Kier alpha value is -3.51. The van der Waals surface area contributed by atoms with Gasteiger partial charge in [0.15, 0.2) is 0 Å². The van der Waals surface area contributed by atoms with Gasteiger partial charge in [0.1, 0.15) is 11.8 Å². The highest BCUT2D eigenvalue weighted by Gasteiger charge is 2.33. The SMILES string of the molecule is COc1ccc(CN(C(=O)c2ccccc2)C(C(=O)NCCN=[N+]=[N-])C(C)C)cc1. The van der Waals surface area contributed by atoms with Crippen LogP contribution < -0.4 is 10.1 Å². The maximum atomic E-state index is 13.4. The van der Waals surface area contributed by atoms with Gasteiger partial charge in [-0.2, -0.15) is 0 Å². The summed E-state index contributed by atoms with van der Waals surface area (Å²) in [6.45, 7) is 4.43. The Morgan fingerprint density at radius 1 is 1.13 bits per heavy atom. The molecule has 0 aromatic heterocycles. The predicted octanol–water partition coefficient (Wildman–Crippen LogP) is 3.79. The molecule has 0 fully saturated rings. The summed E-state index contributed by atoms with van der Waals surface area (Å²) in [5.74, 6) is 0.0810. The fourth-order valence-electron chi connectivity index (χ4n) is 3.15. The Morgan fingerprint density at radius 2 is 1.80 bits per heavy atom. The van der Waals surface area contributed by atoms with Crippen molar-refractivity contribution in [2.45, 2.75) is 26.4 Å². The van der Waals surface area contributed by atoms with Gasteiger partial charge in [0.05, 0.1) is 7.11 Å². The molecule has 2 amide bonds. The highest BCUT2D eigenvalue weighted by atomic mass is 16.5. The summed E-state index contributed by atoms with van der Waals surface area (Å²) < 4.78 is 5.20. The summed E-state index contributed by atoms with van der Waals surface area (Å²) in [4.78, 5) is 30.6. The second-order valence-electron chi connectivity index (χ2n) is 7.08. The summed E-state index contributed by atoms with van der Waals surface area (Å²) >= 11 is 0. The van der Waals surface area contributed by atoms with E-state index in [2.05, 4.69) is 15.3 Å². The number of methoxy groups -OCH3 is 1. The lowest BCUT2D eigenvalue weighted by atomic mass is 9.99. The highest BCUT2D eigenvalue weighted by Crippen LogP contribution is 2.20. The Balaban J connectivity index is 2.33. The molecule has 2 aromatic rings. The van der Waals surface area contributed by atoms with Gasteiger partial charge < -0.3 is 15.0 Å². The molecule has 1 N–H and O–H groups in total. The predicted molar refractivity (Wildman–Crippen MR) is 115 cm³/mol. The maximum absolute atomic E-state index is 13.4. The number of hydrogen-bond donors (Lipinski definition) is 1. The Bertz CT molecular complexity index is 877. The summed E-state index contributed by atoms with van der Waals surface area (Å²) in [5.41, 5.74) is 9.80. The third-order valence-corrected chi connectivity index (χ3v) is 4.60. The second-order valence-corrected chi connectivity index (χ2v) is 7.08. The van der Waals surface area contributed by atoms with Gasteiger partial charge in [-0.25, -0.2) is 0 Å². The average molecular weight is 409 g/mol. The summed E-state index contributed by atoms with van der Waals surface area (Å²) in [6, 6.07) is 15.6. The maximum Gasteiger partial charge on any atom is 0.254 e. The van der Waals surface area contributed by atoms with Crippen molar-refractivity contribution in [2.75, 3.05) is 20.2 Å². The van der Waals surface area contributed by atoms with Crippen molar-refractivity contribution in [3.63, 3.8) is 0 Å². The quantitative estimate of drug-likeness (QED) is 0.279. The molecule has 8 heteroatoms. The van der Waals surface area contributed by atoms with Crippen molar-refractivity contribution in [1.29, 1.82) is 0 Å². The molecule has 2 rings (SSSR count). The van der Waals surface area contributed by atoms with E-state index in [1.807, 2.05) is 44.2 Å². The van der Waals surface area contributed by atoms with Gasteiger partial charge >= 0.3 is 0 Å². The number of hydrogen-bond acceptors (Lipinski definition) is 4. The number of nitrogens with zero attached hydrogens (tertiary/aromatic N) is 4. The zero-order chi connectivity index (χ0) is 21.9. The number of nitrogens with one attached hydrogen (secondary N) is 1. The molecule has 0 aliphatic heterocycles. The molecule has 8 nitrogen and oxygen atoms in total. The molecular weight excluding hydrogens is 382 g/mol. The topological polar surface area (TPSA) is 107 Å². The van der Waals surface area contributed by atoms with Crippen molar-refractivity contribution in [2.24, 2.45) is 11.0 Å². The van der Waals surface area contributed by atoms with Crippen LogP contribution in [-0.2, 0) is 11.3 Å². The molecule has 0 radical (unpaired) electrons. The minimum absolute atomic E-state index is 0.129. The Kier molecular flexibility index (Phi) is 8.72. The molecule has 0 bridgehead atoms. The van der Waals surface area contributed by atoms with Gasteiger partial charge in [0.25, 0.3) is 5.91 Å². The van der Waals surface area contributed by atoms with Gasteiger partial charge in [-0.15, -0.1) is 0 Å². The molecule has 158 valence electrons. The molecule has 0 aliphatic carbocycles. The molecule has 2 aromatic carbocycles. The van der Waals surface area contributed by atoms with E-state index in [4.69, 9.17) is 10.3 Å². The largest absolute Gasteiger partial charge is 0.497 e. The van der Waals surface area contributed by atoms with Crippen LogP contribution in [-0.4, -0.2) is 43.0 Å². The van der Waals surface area contributed by atoms with Crippen molar-refractivity contribution >= 4 is 11.8 Å². The van der Waals surface area contributed by atoms with E-state index in [1.54, 1.807) is 36.3 Å². The van der Waals surface area contributed by atoms with E-state index in [9.17, 15) is 9.59 Å². The van der Waals surface area contributed by atoms with Crippen LogP contribution in [0.1, 0.15) is 29.8 Å². The van der Waals surface area contributed by atoms with Crippen molar-refractivity contribution in [3.8, 4) is 5.75 Å². The van der Waals surface area contributed by atoms with Gasteiger partial charge in [-0.05, 0) is 41.3 Å². The van der Waals surface area contributed by atoms with E-state index in [1.165, 1.54) is 0 Å². The van der Waals surface area contributed by atoms with E-state index >= 15 is 0 Å². The fourth-order valence-corrected chi connectivity index (χ4v) is 3.15. The average Bonchev–Trinajstić information content (AvgIpc) is 2.76. The van der Waals surface area contributed by atoms with Gasteiger partial charge in [-0.3, -0.25) is 9.59 Å². The highest BCUT2D eigenvalue weighted by molar-refractivity contribution is 5.97. The number of amides is 2. The van der Waals surface area contributed by atoms with Crippen molar-refractivity contribution in [3.05, 3.63) is 76.2 Å². The molecular formula is C22H27N5O3. The fraction of sp³-hybridized carbons (Fsp3) is 0.364. The first-order chi connectivity index (χ1) is 14.5. The van der Waals surface area contributed by atoms with Crippen LogP contribution in [0.3, 0.4) is 0 Å². The van der Waals surface area contributed by atoms with Crippen LogP contribution in [0, 0.1) is 5.92 Å². The number of ether oxygens (including phenoxy) is 1. The minimum atomic E-state index is -0.689. The molecule has 0 spiro atoms. The van der Waals surface area contributed by atoms with E-state index in [-0.39, 0.29) is 37.4 Å². The van der Waals surface area contributed by atoms with Crippen molar-refractivity contribution < 1.29 is 14.3 Å². The molecule has 0 aliphatic rings. The lowest BCUT2D eigenvalue weighted by Gasteiger charge is -2.33. The Labute approximate surface area is 176 Å². The Morgan fingerprint density at radius 3 is 2.37 bits per heavy atom. The monoisotopic (exact) mass is 409 g/mol. The van der Waals surface area contributed by atoms with E-state index < -0.39 is 6.04 Å². The van der Waals surface area contributed by atoms with Crippen molar-refractivity contribution in [1.82, 2.24) is 10.2 Å². The first-order valence-corrected chi connectivity index (χ1v) is 9.75. The number of rotatable bonds is 10. The first-order valence-electron chi connectivity index (χ1n) is 9.75. The normalized spacial score (nSPS) is 11.3. The van der Waals surface area contributed by atoms with Gasteiger partial charge in [-0.1, -0.05) is 49.3 Å². The van der Waals surface area contributed by atoms with Gasteiger partial charge in [0.2, 0.25) is 5.91 Å². The van der Waals surface area contributed by atoms with Gasteiger partial charge in [0, 0.05) is 30.1 Å². The molecule has 0 heterocycles.